The van der Waals surface area contributed by atoms with Gasteiger partial charge in [0.25, 0.3) is 0 Å². The minimum Gasteiger partial charge on any atom is -0.348 e. The number of benzene rings is 1. The molecule has 2 aromatic rings. The summed E-state index contributed by atoms with van der Waals surface area (Å²) in [6.07, 6.45) is 1.10. The van der Waals surface area contributed by atoms with Crippen molar-refractivity contribution in [1.82, 2.24) is 4.57 Å². The largest absolute Gasteiger partial charge is 0.348 e. The quantitative estimate of drug-likeness (QED) is 0.840. The Morgan fingerprint density at radius 1 is 1.31 bits per heavy atom. The Hall–Kier alpha value is -1.28. The minimum absolute atomic E-state index is 0.491. The lowest BCUT2D eigenvalue weighted by Gasteiger charge is -2.12. The zero-order chi connectivity index (χ0) is 11.7. The highest BCUT2D eigenvalue weighted by Crippen LogP contribution is 2.25. The van der Waals surface area contributed by atoms with Crippen LogP contribution >= 0.6 is 0 Å². The van der Waals surface area contributed by atoms with Crippen LogP contribution in [0.2, 0.25) is 0 Å². The van der Waals surface area contributed by atoms with Crippen molar-refractivity contribution in [2.45, 2.75) is 26.2 Å². The second-order valence-electron chi connectivity index (χ2n) is 4.50. The van der Waals surface area contributed by atoms with Crippen LogP contribution in [0.1, 0.15) is 30.5 Å². The topological polar surface area (TPSA) is 30.9 Å². The van der Waals surface area contributed by atoms with Gasteiger partial charge in [0.05, 0.1) is 0 Å². The maximum atomic E-state index is 5.79. The predicted molar refractivity (Wildman–Crippen MR) is 69.7 cm³/mol. The second-order valence-corrected chi connectivity index (χ2v) is 4.50. The first kappa shape index (κ1) is 11.2. The van der Waals surface area contributed by atoms with Gasteiger partial charge in [0.1, 0.15) is 0 Å². The molecule has 1 unspecified atom stereocenters. The number of hydrogen-bond acceptors (Lipinski definition) is 1. The molecule has 0 aliphatic rings. The molecule has 1 atom stereocenters. The molecular formula is C14H20N2. The third-order valence-corrected chi connectivity index (χ3v) is 3.56. The van der Waals surface area contributed by atoms with Gasteiger partial charge >= 0.3 is 0 Å². The van der Waals surface area contributed by atoms with Crippen molar-refractivity contribution in [1.29, 1.82) is 0 Å². The lowest BCUT2D eigenvalue weighted by Crippen LogP contribution is -2.11. The van der Waals surface area contributed by atoms with Gasteiger partial charge < -0.3 is 10.3 Å². The average molecular weight is 216 g/mol. The molecule has 1 aromatic carbocycles. The summed E-state index contributed by atoms with van der Waals surface area (Å²) < 4.78 is 2.22. The molecule has 16 heavy (non-hydrogen) atoms. The molecule has 1 heterocycles. The van der Waals surface area contributed by atoms with Gasteiger partial charge in [-0.15, -0.1) is 0 Å². The number of aryl methyl sites for hydroxylation is 2. The van der Waals surface area contributed by atoms with Gasteiger partial charge in [0.2, 0.25) is 0 Å². The van der Waals surface area contributed by atoms with E-state index in [-0.39, 0.29) is 0 Å². The Labute approximate surface area is 97.1 Å². The predicted octanol–water partition coefficient (Wildman–Crippen LogP) is 2.94. The maximum Gasteiger partial charge on any atom is 0.0479 e. The number of aromatic nitrogens is 1. The Morgan fingerprint density at radius 2 is 2.06 bits per heavy atom. The summed E-state index contributed by atoms with van der Waals surface area (Å²) in [4.78, 5) is 0. The van der Waals surface area contributed by atoms with Crippen molar-refractivity contribution in [3.8, 4) is 0 Å². The van der Waals surface area contributed by atoms with Crippen LogP contribution in [-0.2, 0) is 7.05 Å². The van der Waals surface area contributed by atoms with Crippen LogP contribution in [0.15, 0.2) is 24.3 Å². The summed E-state index contributed by atoms with van der Waals surface area (Å²) in [7, 11) is 2.11. The van der Waals surface area contributed by atoms with E-state index in [1.807, 2.05) is 0 Å². The van der Waals surface area contributed by atoms with Crippen molar-refractivity contribution >= 4 is 10.9 Å². The summed E-state index contributed by atoms with van der Waals surface area (Å²) in [5, 5.41) is 1.32. The lowest BCUT2D eigenvalue weighted by atomic mass is 9.96. The molecule has 0 radical (unpaired) electrons. The first-order valence-electron chi connectivity index (χ1n) is 5.93. The van der Waals surface area contributed by atoms with Crippen molar-refractivity contribution in [2.75, 3.05) is 6.54 Å². The van der Waals surface area contributed by atoms with E-state index in [0.29, 0.717) is 5.92 Å². The van der Waals surface area contributed by atoms with Crippen molar-refractivity contribution in [3.63, 3.8) is 0 Å². The van der Waals surface area contributed by atoms with Crippen LogP contribution in [0.25, 0.3) is 10.9 Å². The first-order valence-corrected chi connectivity index (χ1v) is 5.93. The number of nitrogens with two attached hydrogens (primary N) is 1. The van der Waals surface area contributed by atoms with Crippen LogP contribution in [0, 0.1) is 6.92 Å². The highest BCUT2D eigenvalue weighted by molar-refractivity contribution is 5.82. The van der Waals surface area contributed by atoms with Crippen molar-refractivity contribution in [3.05, 3.63) is 35.5 Å². The number of rotatable bonds is 3. The molecule has 2 heteroatoms. The van der Waals surface area contributed by atoms with Crippen LogP contribution in [-0.4, -0.2) is 11.1 Å². The fourth-order valence-corrected chi connectivity index (χ4v) is 2.30. The van der Waals surface area contributed by atoms with E-state index in [0.717, 1.165) is 13.0 Å². The first-order chi connectivity index (χ1) is 7.67. The summed E-state index contributed by atoms with van der Waals surface area (Å²) in [5.41, 5.74) is 9.75. The SMILES string of the molecule is CCC(CN)c1ccc2c(c1)cc(C)n2C. The van der Waals surface area contributed by atoms with Gasteiger partial charge in [-0.3, -0.25) is 0 Å². The van der Waals surface area contributed by atoms with Crippen molar-refractivity contribution < 1.29 is 0 Å². The van der Waals surface area contributed by atoms with Gasteiger partial charge in [-0.05, 0) is 49.6 Å². The molecule has 2 rings (SSSR count). The van der Waals surface area contributed by atoms with E-state index in [1.54, 1.807) is 0 Å². The van der Waals surface area contributed by atoms with Crippen LogP contribution in [0.3, 0.4) is 0 Å². The van der Waals surface area contributed by atoms with Gasteiger partial charge in [0, 0.05) is 23.6 Å². The van der Waals surface area contributed by atoms with Gasteiger partial charge in [0.15, 0.2) is 0 Å². The molecule has 1 aromatic heterocycles. The summed E-state index contributed by atoms with van der Waals surface area (Å²) >= 11 is 0. The Bertz CT molecular complexity index is 493. The summed E-state index contributed by atoms with van der Waals surface area (Å²) in [5.74, 6) is 0.491. The molecule has 2 nitrogen and oxygen atoms in total. The minimum atomic E-state index is 0.491. The van der Waals surface area contributed by atoms with Crippen molar-refractivity contribution in [2.24, 2.45) is 12.8 Å². The van der Waals surface area contributed by atoms with Crippen LogP contribution in [0.5, 0.6) is 0 Å². The molecule has 0 aliphatic heterocycles. The zero-order valence-corrected chi connectivity index (χ0v) is 10.3. The fraction of sp³-hybridized carbons (Fsp3) is 0.429. The van der Waals surface area contributed by atoms with E-state index in [1.165, 1.54) is 22.2 Å². The lowest BCUT2D eigenvalue weighted by molar-refractivity contribution is 0.675. The number of nitrogens with zero attached hydrogens (tertiary/aromatic N) is 1. The number of hydrogen-bond donors (Lipinski definition) is 1. The molecule has 0 bridgehead atoms. The molecule has 0 spiro atoms. The Balaban J connectivity index is 2.52. The highest BCUT2D eigenvalue weighted by atomic mass is 14.9. The normalized spacial score (nSPS) is 13.2. The third kappa shape index (κ3) is 1.74. The monoisotopic (exact) mass is 216 g/mol. The molecule has 0 saturated heterocycles. The molecule has 86 valence electrons. The zero-order valence-electron chi connectivity index (χ0n) is 10.3. The van der Waals surface area contributed by atoms with E-state index in [4.69, 9.17) is 5.73 Å². The van der Waals surface area contributed by atoms with Gasteiger partial charge in [-0.2, -0.15) is 0 Å². The van der Waals surface area contributed by atoms with Crippen LogP contribution in [0.4, 0.5) is 0 Å². The molecule has 0 amide bonds. The Morgan fingerprint density at radius 3 is 2.69 bits per heavy atom. The summed E-state index contributed by atoms with van der Waals surface area (Å²) in [6, 6.07) is 8.93. The van der Waals surface area contributed by atoms with E-state index >= 15 is 0 Å². The molecule has 2 N–H and O–H groups in total. The van der Waals surface area contributed by atoms with Crippen LogP contribution < -0.4 is 5.73 Å². The van der Waals surface area contributed by atoms with E-state index in [2.05, 4.69) is 49.7 Å². The van der Waals surface area contributed by atoms with E-state index < -0.39 is 0 Å². The highest BCUT2D eigenvalue weighted by Gasteiger charge is 2.09. The molecular weight excluding hydrogens is 196 g/mol. The smallest absolute Gasteiger partial charge is 0.0479 e. The fourth-order valence-electron chi connectivity index (χ4n) is 2.30. The maximum absolute atomic E-state index is 5.79. The molecule has 0 fully saturated rings. The summed E-state index contributed by atoms with van der Waals surface area (Å²) in [6.45, 7) is 5.06. The Kier molecular flexibility index (Phi) is 3.01. The molecule has 0 saturated carbocycles. The molecule has 0 aliphatic carbocycles. The second kappa shape index (κ2) is 4.30. The standard InChI is InChI=1S/C14H20N2/c1-4-11(9-15)12-5-6-14-13(8-12)7-10(2)16(14)3/h5-8,11H,4,9,15H2,1-3H3. The van der Waals surface area contributed by atoms with E-state index in [9.17, 15) is 0 Å². The average Bonchev–Trinajstić information content (AvgIpc) is 2.56. The van der Waals surface area contributed by atoms with Gasteiger partial charge in [-0.1, -0.05) is 13.0 Å². The number of fused-ring (bicyclic) bond motifs is 1. The van der Waals surface area contributed by atoms with Gasteiger partial charge in [-0.25, -0.2) is 0 Å². The third-order valence-electron chi connectivity index (χ3n) is 3.56.